The molecule has 0 saturated carbocycles. The summed E-state index contributed by atoms with van der Waals surface area (Å²) in [5, 5.41) is 0. The van der Waals surface area contributed by atoms with Crippen molar-refractivity contribution in [3.63, 3.8) is 0 Å². The van der Waals surface area contributed by atoms with Crippen LogP contribution < -0.4 is 0 Å². The summed E-state index contributed by atoms with van der Waals surface area (Å²) in [5.74, 6) is -1.15. The van der Waals surface area contributed by atoms with E-state index in [2.05, 4.69) is 51.2 Å². The molecule has 0 heterocycles. The van der Waals surface area contributed by atoms with Crippen molar-refractivity contribution in [1.29, 1.82) is 0 Å². The van der Waals surface area contributed by atoms with Gasteiger partial charge in [0.1, 0.15) is 13.2 Å². The molecule has 1 atom stereocenters. The van der Waals surface area contributed by atoms with Gasteiger partial charge >= 0.3 is 17.9 Å². The highest BCUT2D eigenvalue weighted by molar-refractivity contribution is 5.71. The van der Waals surface area contributed by atoms with Crippen LogP contribution in [0.5, 0.6) is 0 Å². The molecule has 0 aromatic rings. The second-order valence-electron chi connectivity index (χ2n) is 15.4. The number of esters is 3. The van der Waals surface area contributed by atoms with Gasteiger partial charge in [0.2, 0.25) is 0 Å². The van der Waals surface area contributed by atoms with E-state index in [1.54, 1.807) is 0 Å². The normalized spacial score (nSPS) is 14.1. The van der Waals surface area contributed by atoms with E-state index in [1.807, 2.05) is 201 Å². The third-order valence-electron chi connectivity index (χ3n) is 9.16. The summed E-state index contributed by atoms with van der Waals surface area (Å²) in [6.07, 6.45) is 87.4. The molecule has 0 radical (unpaired) electrons. The van der Waals surface area contributed by atoms with Crippen molar-refractivity contribution in [2.24, 2.45) is 0 Å². The smallest absolute Gasteiger partial charge is 0.306 e. The Morgan fingerprint density at radius 3 is 0.841 bits per heavy atom. The van der Waals surface area contributed by atoms with Crippen molar-refractivity contribution >= 4 is 17.9 Å². The van der Waals surface area contributed by atoms with Gasteiger partial charge in [-0.15, -0.1) is 0 Å². The van der Waals surface area contributed by atoms with E-state index in [1.165, 1.54) is 0 Å². The summed E-state index contributed by atoms with van der Waals surface area (Å²) >= 11 is 0. The highest BCUT2D eigenvalue weighted by Crippen LogP contribution is 2.10. The first-order chi connectivity index (χ1) is 34.0. The molecule has 69 heavy (non-hydrogen) atoms. The fourth-order valence-corrected chi connectivity index (χ4v) is 5.49. The van der Waals surface area contributed by atoms with Crippen molar-refractivity contribution in [2.75, 3.05) is 13.2 Å². The number of rotatable bonds is 40. The van der Waals surface area contributed by atoms with Crippen LogP contribution in [0.25, 0.3) is 0 Å². The predicted octanol–water partition coefficient (Wildman–Crippen LogP) is 16.9. The Morgan fingerprint density at radius 2 is 0.536 bits per heavy atom. The molecule has 0 aliphatic heterocycles. The van der Waals surface area contributed by atoms with Gasteiger partial charge in [-0.1, -0.05) is 265 Å². The minimum atomic E-state index is -0.867. The number of carbonyl (C=O) groups excluding carboxylic acids is 3. The van der Waals surface area contributed by atoms with Crippen molar-refractivity contribution in [2.45, 2.75) is 130 Å². The van der Waals surface area contributed by atoms with E-state index in [0.29, 0.717) is 19.3 Å². The Balaban J connectivity index is 4.76. The van der Waals surface area contributed by atoms with Gasteiger partial charge in [-0.05, 0) is 70.6 Å². The van der Waals surface area contributed by atoms with Gasteiger partial charge in [0.05, 0.1) is 0 Å². The average molecular weight is 937 g/mol. The molecule has 0 rings (SSSR count). The summed E-state index contributed by atoms with van der Waals surface area (Å²) in [4.78, 5) is 38.0. The van der Waals surface area contributed by atoms with Gasteiger partial charge < -0.3 is 14.2 Å². The monoisotopic (exact) mass is 937 g/mol. The van der Waals surface area contributed by atoms with Crippen LogP contribution in [0.4, 0.5) is 0 Å². The fraction of sp³-hybridized carbons (Fsp3) is 0.349. The molecule has 0 aromatic carbocycles. The predicted molar refractivity (Wildman–Crippen MR) is 296 cm³/mol. The van der Waals surface area contributed by atoms with Crippen LogP contribution in [0, 0.1) is 0 Å². The lowest BCUT2D eigenvalue weighted by atomic mass is 10.1. The number of hydrogen-bond acceptors (Lipinski definition) is 6. The van der Waals surface area contributed by atoms with Crippen LogP contribution in [0.2, 0.25) is 0 Å². The highest BCUT2D eigenvalue weighted by Gasteiger charge is 2.19. The maximum Gasteiger partial charge on any atom is 0.306 e. The summed E-state index contributed by atoms with van der Waals surface area (Å²) in [7, 11) is 0. The zero-order chi connectivity index (χ0) is 50.0. The summed E-state index contributed by atoms with van der Waals surface area (Å²) in [6, 6.07) is 0. The molecule has 1 unspecified atom stereocenters. The molecule has 0 bridgehead atoms. The van der Waals surface area contributed by atoms with E-state index in [9.17, 15) is 14.4 Å². The average Bonchev–Trinajstić information content (AvgIpc) is 3.35. The zero-order valence-corrected chi connectivity index (χ0v) is 42.2. The lowest BCUT2D eigenvalue weighted by molar-refractivity contribution is -0.167. The first-order valence-electron chi connectivity index (χ1n) is 25.2. The molecule has 0 fully saturated rings. The Bertz CT molecular complexity index is 1890. The lowest BCUT2D eigenvalue weighted by Crippen LogP contribution is -2.30. The van der Waals surface area contributed by atoms with Crippen molar-refractivity contribution in [1.82, 2.24) is 0 Å². The third-order valence-corrected chi connectivity index (χ3v) is 9.16. The van der Waals surface area contributed by atoms with Crippen molar-refractivity contribution < 1.29 is 28.6 Å². The number of unbranched alkanes of at least 4 members (excludes halogenated alkanes) is 7. The Hall–Kier alpha value is -6.53. The summed E-state index contributed by atoms with van der Waals surface area (Å²) in [5.41, 5.74) is 0. The van der Waals surface area contributed by atoms with E-state index < -0.39 is 12.1 Å². The molecule has 0 aromatic heterocycles. The van der Waals surface area contributed by atoms with Crippen molar-refractivity contribution in [3.8, 4) is 0 Å². The largest absolute Gasteiger partial charge is 0.462 e. The molecule has 372 valence electrons. The van der Waals surface area contributed by atoms with Crippen molar-refractivity contribution in [3.05, 3.63) is 231 Å². The van der Waals surface area contributed by atoms with Crippen LogP contribution >= 0.6 is 0 Å². The number of allylic oxidation sites excluding steroid dienone is 38. The Morgan fingerprint density at radius 1 is 0.290 bits per heavy atom. The molecule has 0 aliphatic rings. The van der Waals surface area contributed by atoms with Gasteiger partial charge in [0.15, 0.2) is 6.10 Å². The van der Waals surface area contributed by atoms with E-state index >= 15 is 0 Å². The molecule has 6 nitrogen and oxygen atoms in total. The molecule has 0 aliphatic carbocycles. The minimum Gasteiger partial charge on any atom is -0.462 e. The second-order valence-corrected chi connectivity index (χ2v) is 15.4. The van der Waals surface area contributed by atoms with Crippen LogP contribution in [0.3, 0.4) is 0 Å². The first kappa shape index (κ1) is 62.5. The van der Waals surface area contributed by atoms with Gasteiger partial charge in [-0.2, -0.15) is 0 Å². The minimum absolute atomic E-state index is 0.160. The van der Waals surface area contributed by atoms with Crippen LogP contribution in [-0.2, 0) is 28.6 Å². The third kappa shape index (κ3) is 52.3. The summed E-state index contributed by atoms with van der Waals surface area (Å²) < 4.78 is 16.6. The molecule has 0 amide bonds. The fourth-order valence-electron chi connectivity index (χ4n) is 5.49. The molecule has 0 spiro atoms. The van der Waals surface area contributed by atoms with Crippen LogP contribution in [-0.4, -0.2) is 37.2 Å². The Labute approximate surface area is 418 Å². The second kappa shape index (κ2) is 54.1. The molecular formula is C63H84O6. The standard InChI is InChI=1S/C63H84O6/c1-4-7-10-13-16-19-22-25-27-29-31-33-35-38-41-44-47-50-53-56-62(65)68-59-60(58-67-61(64)55-52-49-46-43-40-37-24-21-18-15-12-9-6-3)69-63(66)57-54-51-48-45-42-39-36-34-32-30-28-26-23-20-17-14-11-8-5-2/h7-43,46,60H,4-6,44-45,47-59H2,1-3H3/b10-7+,11-8+,12-9+,16-13+,17-14+,18-15+,22-19+,23-20+,24-21+,27-25+,28-26+,31-29+,32-30+,35-33+,36-34+,40-37+,41-38+,42-39+,46-43+. The molecular weight excluding hydrogens is 853 g/mol. The van der Waals surface area contributed by atoms with Crippen LogP contribution in [0.1, 0.15) is 124 Å². The highest BCUT2D eigenvalue weighted by atomic mass is 16.6. The SMILES string of the molecule is CC/C=C/C=C/C=C/C=C/C=C/C=C/C=C/CCCCCC(=O)OCC(COC(=O)CCC/C=C/C=C/C=C/C=C/C=C/CC)OC(=O)CCCCC/C=C/C=C/C=C/C=C/C=C/C=C/C=C/CC. The lowest BCUT2D eigenvalue weighted by Gasteiger charge is -2.18. The quantitative estimate of drug-likeness (QED) is 0.0264. The molecule has 0 saturated heterocycles. The van der Waals surface area contributed by atoms with Crippen LogP contribution in [0.15, 0.2) is 231 Å². The maximum absolute atomic E-state index is 12.8. The van der Waals surface area contributed by atoms with E-state index in [-0.39, 0.29) is 44.4 Å². The van der Waals surface area contributed by atoms with E-state index in [0.717, 1.165) is 64.2 Å². The number of ether oxygens (including phenoxy) is 3. The summed E-state index contributed by atoms with van der Waals surface area (Å²) in [6.45, 7) is 6.00. The van der Waals surface area contributed by atoms with Gasteiger partial charge in [0.25, 0.3) is 0 Å². The molecule has 6 heteroatoms. The van der Waals surface area contributed by atoms with E-state index in [4.69, 9.17) is 14.2 Å². The van der Waals surface area contributed by atoms with Gasteiger partial charge in [-0.25, -0.2) is 0 Å². The van der Waals surface area contributed by atoms with Gasteiger partial charge in [-0.3, -0.25) is 14.4 Å². The topological polar surface area (TPSA) is 78.9 Å². The molecule has 0 N–H and O–H groups in total. The first-order valence-corrected chi connectivity index (χ1v) is 25.2. The maximum atomic E-state index is 12.8. The number of hydrogen-bond donors (Lipinski definition) is 0. The number of carbonyl (C=O) groups is 3. The zero-order valence-electron chi connectivity index (χ0n) is 42.2. The Kier molecular flexibility index (Phi) is 49.0. The van der Waals surface area contributed by atoms with Gasteiger partial charge in [0, 0.05) is 19.3 Å².